The Bertz CT molecular complexity index is 583. The van der Waals surface area contributed by atoms with Crippen molar-refractivity contribution in [1.29, 1.82) is 0 Å². The van der Waals surface area contributed by atoms with Gasteiger partial charge in [-0.1, -0.05) is 53.0 Å². The molecule has 0 amide bonds. The van der Waals surface area contributed by atoms with E-state index in [4.69, 9.17) is 46.4 Å². The summed E-state index contributed by atoms with van der Waals surface area (Å²) in [5.74, 6) is -0.500. The van der Waals surface area contributed by atoms with Crippen molar-refractivity contribution in [2.75, 3.05) is 0 Å². The molecule has 0 aromatic heterocycles. The summed E-state index contributed by atoms with van der Waals surface area (Å²) in [5.41, 5.74) is 1.20. The van der Waals surface area contributed by atoms with E-state index in [1.165, 1.54) is 6.07 Å². The van der Waals surface area contributed by atoms with E-state index >= 15 is 0 Å². The highest BCUT2D eigenvalue weighted by Crippen LogP contribution is 2.36. The molecule has 0 saturated carbocycles. The number of halogens is 5. The van der Waals surface area contributed by atoms with Crippen molar-refractivity contribution in [2.45, 2.75) is 5.38 Å². The van der Waals surface area contributed by atoms with Crippen LogP contribution in [0.15, 0.2) is 36.4 Å². The number of alkyl halides is 1. The van der Waals surface area contributed by atoms with E-state index in [1.54, 1.807) is 30.3 Å². The predicted molar refractivity (Wildman–Crippen MR) is 75.6 cm³/mol. The molecule has 0 nitrogen and oxygen atoms in total. The zero-order chi connectivity index (χ0) is 13.3. The molecule has 0 N–H and O–H groups in total. The summed E-state index contributed by atoms with van der Waals surface area (Å²) in [5, 5.41) is 0.272. The van der Waals surface area contributed by atoms with Crippen molar-refractivity contribution in [3.8, 4) is 0 Å². The number of rotatable bonds is 2. The minimum absolute atomic E-state index is 0.0172. The lowest BCUT2D eigenvalue weighted by Gasteiger charge is -2.13. The Morgan fingerprint density at radius 1 is 0.944 bits per heavy atom. The topological polar surface area (TPSA) is 0 Å². The van der Waals surface area contributed by atoms with Crippen molar-refractivity contribution in [3.63, 3.8) is 0 Å². The third kappa shape index (κ3) is 2.75. The second-order valence-electron chi connectivity index (χ2n) is 3.68. The first-order chi connectivity index (χ1) is 8.50. The van der Waals surface area contributed by atoms with Gasteiger partial charge >= 0.3 is 0 Å². The first-order valence-corrected chi connectivity index (χ1v) is 6.60. The zero-order valence-electron chi connectivity index (χ0n) is 8.93. The van der Waals surface area contributed by atoms with Crippen LogP contribution >= 0.6 is 46.4 Å². The maximum atomic E-state index is 13.4. The van der Waals surface area contributed by atoms with Gasteiger partial charge in [0.25, 0.3) is 0 Å². The Morgan fingerprint density at radius 3 is 2.33 bits per heavy atom. The molecule has 0 aliphatic heterocycles. The van der Waals surface area contributed by atoms with Crippen molar-refractivity contribution in [3.05, 3.63) is 68.4 Å². The lowest BCUT2D eigenvalue weighted by atomic mass is 10.0. The second-order valence-corrected chi connectivity index (χ2v) is 5.31. The largest absolute Gasteiger partial charge is 0.205 e. The van der Waals surface area contributed by atoms with E-state index in [0.717, 1.165) is 0 Å². The summed E-state index contributed by atoms with van der Waals surface area (Å²) in [6.07, 6.45) is 0. The Morgan fingerprint density at radius 2 is 1.67 bits per heavy atom. The monoisotopic (exact) mass is 322 g/mol. The van der Waals surface area contributed by atoms with E-state index in [-0.39, 0.29) is 5.02 Å². The van der Waals surface area contributed by atoms with Gasteiger partial charge in [0.1, 0.15) is 5.82 Å². The SMILES string of the molecule is Fc1cccc(C(Cl)c2ccc(Cl)c(Cl)c2)c1Cl. The van der Waals surface area contributed by atoms with Crippen molar-refractivity contribution < 1.29 is 4.39 Å². The predicted octanol–water partition coefficient (Wildman–Crippen LogP) is 6.11. The zero-order valence-corrected chi connectivity index (χ0v) is 12.0. The van der Waals surface area contributed by atoms with Gasteiger partial charge in [0, 0.05) is 0 Å². The lowest BCUT2D eigenvalue weighted by molar-refractivity contribution is 0.626. The van der Waals surface area contributed by atoms with Crippen LogP contribution in [0.4, 0.5) is 4.39 Å². The van der Waals surface area contributed by atoms with E-state index in [1.807, 2.05) is 0 Å². The third-order valence-corrected chi connectivity index (χ3v) is 4.12. The molecule has 94 valence electrons. The van der Waals surface area contributed by atoms with Crippen LogP contribution < -0.4 is 0 Å². The van der Waals surface area contributed by atoms with E-state index in [2.05, 4.69) is 0 Å². The Labute approximate surface area is 124 Å². The normalized spacial score (nSPS) is 12.5. The molecule has 2 aromatic rings. The quantitative estimate of drug-likeness (QED) is 0.584. The molecule has 2 rings (SSSR count). The Hall–Kier alpha value is -0.470. The highest BCUT2D eigenvalue weighted by atomic mass is 35.5. The van der Waals surface area contributed by atoms with Crippen LogP contribution in [0.25, 0.3) is 0 Å². The fraction of sp³-hybridized carbons (Fsp3) is 0.0769. The van der Waals surface area contributed by atoms with Gasteiger partial charge in [-0.15, -0.1) is 11.6 Å². The maximum Gasteiger partial charge on any atom is 0.142 e. The smallest absolute Gasteiger partial charge is 0.142 e. The van der Waals surface area contributed by atoms with Crippen LogP contribution in [-0.2, 0) is 0 Å². The summed E-state index contributed by atoms with van der Waals surface area (Å²) in [4.78, 5) is 0. The molecular weight excluding hydrogens is 317 g/mol. The first-order valence-electron chi connectivity index (χ1n) is 5.03. The van der Waals surface area contributed by atoms with Crippen LogP contribution in [0.2, 0.25) is 15.1 Å². The summed E-state index contributed by atoms with van der Waals surface area (Å²) in [7, 11) is 0. The van der Waals surface area contributed by atoms with Gasteiger partial charge in [0.05, 0.1) is 20.4 Å². The van der Waals surface area contributed by atoms with Crippen LogP contribution in [0, 0.1) is 5.82 Å². The van der Waals surface area contributed by atoms with Gasteiger partial charge in [0.2, 0.25) is 0 Å². The van der Waals surface area contributed by atoms with Gasteiger partial charge in [-0.2, -0.15) is 0 Å². The Kier molecular flexibility index (Phi) is 4.39. The number of hydrogen-bond donors (Lipinski definition) is 0. The number of benzene rings is 2. The van der Waals surface area contributed by atoms with Gasteiger partial charge in [0.15, 0.2) is 0 Å². The molecule has 0 aliphatic carbocycles. The summed E-state index contributed by atoms with van der Waals surface area (Å²) < 4.78 is 13.4. The fourth-order valence-corrected chi connectivity index (χ4v) is 2.48. The second kappa shape index (κ2) is 5.66. The number of hydrogen-bond acceptors (Lipinski definition) is 0. The minimum Gasteiger partial charge on any atom is -0.205 e. The molecule has 0 heterocycles. The molecule has 0 radical (unpaired) electrons. The van der Waals surface area contributed by atoms with Gasteiger partial charge in [-0.25, -0.2) is 4.39 Å². The van der Waals surface area contributed by atoms with Gasteiger partial charge in [-0.3, -0.25) is 0 Å². The first kappa shape index (κ1) is 14.0. The molecule has 2 aromatic carbocycles. The van der Waals surface area contributed by atoms with Crippen molar-refractivity contribution in [1.82, 2.24) is 0 Å². The molecule has 0 saturated heterocycles. The molecule has 5 heteroatoms. The average molecular weight is 324 g/mol. The average Bonchev–Trinajstić information content (AvgIpc) is 2.35. The molecule has 0 aliphatic rings. The van der Waals surface area contributed by atoms with E-state index in [9.17, 15) is 4.39 Å². The molecule has 0 fully saturated rings. The Balaban J connectivity index is 2.44. The van der Waals surface area contributed by atoms with Crippen LogP contribution in [-0.4, -0.2) is 0 Å². The lowest BCUT2D eigenvalue weighted by Crippen LogP contribution is -1.96. The molecular formula is C13H7Cl4F. The highest BCUT2D eigenvalue weighted by molar-refractivity contribution is 6.42. The van der Waals surface area contributed by atoms with Crippen LogP contribution in [0.3, 0.4) is 0 Å². The van der Waals surface area contributed by atoms with Crippen LogP contribution in [0.5, 0.6) is 0 Å². The molecule has 18 heavy (non-hydrogen) atoms. The summed E-state index contributed by atoms with van der Waals surface area (Å²) >= 11 is 23.9. The molecule has 0 bridgehead atoms. The van der Waals surface area contributed by atoms with Crippen molar-refractivity contribution >= 4 is 46.4 Å². The van der Waals surface area contributed by atoms with Crippen LogP contribution in [0.1, 0.15) is 16.5 Å². The molecule has 1 unspecified atom stereocenters. The van der Waals surface area contributed by atoms with E-state index < -0.39 is 11.2 Å². The minimum atomic E-state index is -0.581. The van der Waals surface area contributed by atoms with Gasteiger partial charge in [-0.05, 0) is 29.3 Å². The molecule has 0 spiro atoms. The summed E-state index contributed by atoms with van der Waals surface area (Å²) in [6.45, 7) is 0. The summed E-state index contributed by atoms with van der Waals surface area (Å²) in [6, 6.07) is 9.52. The third-order valence-electron chi connectivity index (χ3n) is 2.49. The molecule has 1 atom stereocenters. The van der Waals surface area contributed by atoms with Gasteiger partial charge < -0.3 is 0 Å². The maximum absolute atomic E-state index is 13.4. The highest BCUT2D eigenvalue weighted by Gasteiger charge is 2.17. The standard InChI is InChI=1S/C13H7Cl4F/c14-9-5-4-7(6-10(9)15)12(16)8-2-1-3-11(18)13(8)17/h1-6,12H. The van der Waals surface area contributed by atoms with Crippen molar-refractivity contribution in [2.24, 2.45) is 0 Å². The van der Waals surface area contributed by atoms with E-state index in [0.29, 0.717) is 21.2 Å². The fourth-order valence-electron chi connectivity index (χ4n) is 1.57.